The predicted molar refractivity (Wildman–Crippen MR) is 62.2 cm³/mol. The number of hydrogen-bond acceptors (Lipinski definition) is 0. The molecule has 2 rings (SSSR count). The van der Waals surface area contributed by atoms with Gasteiger partial charge >= 0.3 is 0 Å². The van der Waals surface area contributed by atoms with E-state index in [-0.39, 0.29) is 0 Å². The first-order valence-electron chi connectivity index (χ1n) is 5.79. The fourth-order valence-corrected chi connectivity index (χ4v) is 2.52. The molecule has 14 heavy (non-hydrogen) atoms. The van der Waals surface area contributed by atoms with Crippen molar-refractivity contribution in [2.75, 3.05) is 0 Å². The third kappa shape index (κ3) is 2.17. The van der Waals surface area contributed by atoms with Gasteiger partial charge < -0.3 is 0 Å². The van der Waals surface area contributed by atoms with Crippen molar-refractivity contribution in [3.8, 4) is 0 Å². The molecule has 2 aliphatic rings. The van der Waals surface area contributed by atoms with E-state index < -0.39 is 0 Å². The van der Waals surface area contributed by atoms with E-state index in [1.807, 2.05) is 0 Å². The van der Waals surface area contributed by atoms with E-state index in [2.05, 4.69) is 13.2 Å². The van der Waals surface area contributed by atoms with Gasteiger partial charge in [-0.3, -0.25) is 0 Å². The average molecular weight is 188 g/mol. The first kappa shape index (κ1) is 9.76. The largest absolute Gasteiger partial charge is 0.0998 e. The lowest BCUT2D eigenvalue weighted by atomic mass is 9.82. The van der Waals surface area contributed by atoms with Gasteiger partial charge in [-0.25, -0.2) is 0 Å². The molecule has 0 saturated heterocycles. The molecule has 0 heterocycles. The Morgan fingerprint density at radius 1 is 0.500 bits per heavy atom. The lowest BCUT2D eigenvalue weighted by Gasteiger charge is -2.24. The Hall–Kier alpha value is -0.780. The van der Waals surface area contributed by atoms with E-state index in [1.54, 1.807) is 11.1 Å². The van der Waals surface area contributed by atoms with Crippen LogP contribution in [0.2, 0.25) is 0 Å². The second-order valence-electron chi connectivity index (χ2n) is 4.71. The van der Waals surface area contributed by atoms with Crippen molar-refractivity contribution in [1.82, 2.24) is 0 Å². The summed E-state index contributed by atoms with van der Waals surface area (Å²) in [7, 11) is 0. The molecule has 0 atom stereocenters. The van der Waals surface area contributed by atoms with E-state index in [9.17, 15) is 0 Å². The lowest BCUT2D eigenvalue weighted by molar-refractivity contribution is 0.661. The Morgan fingerprint density at radius 2 is 0.786 bits per heavy atom. The minimum Gasteiger partial charge on any atom is -0.0998 e. The van der Waals surface area contributed by atoms with Gasteiger partial charge in [0, 0.05) is 0 Å². The second kappa shape index (κ2) is 4.16. The lowest BCUT2D eigenvalue weighted by Crippen LogP contribution is -2.04. The van der Waals surface area contributed by atoms with Gasteiger partial charge in [0.05, 0.1) is 0 Å². The molecule has 2 fully saturated rings. The van der Waals surface area contributed by atoms with Crippen molar-refractivity contribution in [3.05, 3.63) is 35.5 Å². The molecule has 0 aromatic carbocycles. The maximum Gasteiger partial charge on any atom is -0.0280 e. The smallest absolute Gasteiger partial charge is 0.0280 e. The third-order valence-corrected chi connectivity index (χ3v) is 3.62. The Kier molecular flexibility index (Phi) is 2.90. The van der Waals surface area contributed by atoms with Crippen LogP contribution in [0.15, 0.2) is 35.5 Å². The molecule has 0 amide bonds. The van der Waals surface area contributed by atoms with Crippen LogP contribution in [0.3, 0.4) is 0 Å². The molecule has 0 aromatic rings. The van der Waals surface area contributed by atoms with E-state index in [1.165, 1.54) is 62.5 Å². The Labute approximate surface area is 87.4 Å². The van der Waals surface area contributed by atoms with Crippen LogP contribution in [0.1, 0.15) is 51.4 Å². The van der Waals surface area contributed by atoms with Crippen LogP contribution in [0.4, 0.5) is 0 Å². The van der Waals surface area contributed by atoms with Crippen LogP contribution >= 0.6 is 0 Å². The Morgan fingerprint density at radius 3 is 1.07 bits per heavy atom. The van der Waals surface area contributed by atoms with Crippen LogP contribution in [0.25, 0.3) is 0 Å². The van der Waals surface area contributed by atoms with E-state index >= 15 is 0 Å². The molecule has 2 aliphatic carbocycles. The summed E-state index contributed by atoms with van der Waals surface area (Å²) in [4.78, 5) is 0. The summed E-state index contributed by atoms with van der Waals surface area (Å²) in [6.45, 7) is 8.14. The molecule has 2 saturated carbocycles. The molecule has 0 radical (unpaired) electrons. The van der Waals surface area contributed by atoms with Crippen molar-refractivity contribution < 1.29 is 0 Å². The van der Waals surface area contributed by atoms with Crippen molar-refractivity contribution in [3.63, 3.8) is 0 Å². The van der Waals surface area contributed by atoms with Crippen molar-refractivity contribution >= 4 is 0 Å². The van der Waals surface area contributed by atoms with Gasteiger partial charge in [0.1, 0.15) is 0 Å². The first-order chi connectivity index (χ1) is 6.75. The van der Waals surface area contributed by atoms with Crippen molar-refractivity contribution in [2.24, 2.45) is 0 Å². The molecule has 0 N–H and O–H groups in total. The van der Waals surface area contributed by atoms with Gasteiger partial charge in [-0.1, -0.05) is 35.5 Å². The van der Waals surface area contributed by atoms with E-state index in [4.69, 9.17) is 0 Å². The fraction of sp³-hybridized carbons (Fsp3) is 0.571. The zero-order valence-corrected chi connectivity index (χ0v) is 9.07. The predicted octanol–water partition coefficient (Wildman–Crippen LogP) is 4.54. The van der Waals surface area contributed by atoms with Gasteiger partial charge in [0.2, 0.25) is 0 Å². The van der Waals surface area contributed by atoms with Crippen LogP contribution in [-0.4, -0.2) is 0 Å². The van der Waals surface area contributed by atoms with Gasteiger partial charge in [0.25, 0.3) is 0 Å². The standard InChI is InChI=1S/C14H20/c1-11-3-7-13(8-4-11)14-9-5-12(2)6-10-14/h1-10H2. The molecule has 0 aliphatic heterocycles. The average Bonchev–Trinajstić information content (AvgIpc) is 2.21. The van der Waals surface area contributed by atoms with Crippen LogP contribution in [-0.2, 0) is 0 Å². The molecule has 0 nitrogen and oxygen atoms in total. The van der Waals surface area contributed by atoms with Gasteiger partial charge in [0.15, 0.2) is 0 Å². The van der Waals surface area contributed by atoms with Crippen molar-refractivity contribution in [1.29, 1.82) is 0 Å². The zero-order chi connectivity index (χ0) is 9.97. The molecule has 0 unspecified atom stereocenters. The van der Waals surface area contributed by atoms with E-state index in [0.717, 1.165) is 0 Å². The molecule has 0 aromatic heterocycles. The molecule has 76 valence electrons. The monoisotopic (exact) mass is 188 g/mol. The van der Waals surface area contributed by atoms with Crippen molar-refractivity contribution in [2.45, 2.75) is 51.4 Å². The quantitative estimate of drug-likeness (QED) is 0.489. The highest BCUT2D eigenvalue weighted by Crippen LogP contribution is 2.35. The summed E-state index contributed by atoms with van der Waals surface area (Å²) in [6, 6.07) is 0. The highest BCUT2D eigenvalue weighted by atomic mass is 14.2. The SMILES string of the molecule is C=C1CCC(=C2CCC(=C)CC2)CC1. The minimum atomic E-state index is 1.24. The molecular weight excluding hydrogens is 168 g/mol. The van der Waals surface area contributed by atoms with E-state index in [0.29, 0.717) is 0 Å². The normalized spacial score (nSPS) is 24.3. The molecule has 0 spiro atoms. The van der Waals surface area contributed by atoms with Crippen LogP contribution in [0.5, 0.6) is 0 Å². The summed E-state index contributed by atoms with van der Waals surface area (Å²) >= 11 is 0. The summed E-state index contributed by atoms with van der Waals surface area (Å²) in [5, 5.41) is 0. The van der Waals surface area contributed by atoms with Gasteiger partial charge in [-0.2, -0.15) is 0 Å². The molecule has 0 bridgehead atoms. The maximum absolute atomic E-state index is 4.07. The topological polar surface area (TPSA) is 0 Å². The highest BCUT2D eigenvalue weighted by molar-refractivity contribution is 5.24. The Balaban J connectivity index is 2.01. The zero-order valence-electron chi connectivity index (χ0n) is 9.07. The number of allylic oxidation sites excluding steroid dienone is 4. The van der Waals surface area contributed by atoms with Crippen LogP contribution < -0.4 is 0 Å². The van der Waals surface area contributed by atoms with Gasteiger partial charge in [-0.15, -0.1) is 0 Å². The Bertz CT molecular complexity index is 237. The minimum absolute atomic E-state index is 1.24. The fourth-order valence-electron chi connectivity index (χ4n) is 2.52. The number of hydrogen-bond donors (Lipinski definition) is 0. The summed E-state index contributed by atoms with van der Waals surface area (Å²) < 4.78 is 0. The van der Waals surface area contributed by atoms with Gasteiger partial charge in [-0.05, 0) is 51.4 Å². The second-order valence-corrected chi connectivity index (χ2v) is 4.71. The first-order valence-corrected chi connectivity index (χ1v) is 5.79. The third-order valence-electron chi connectivity index (χ3n) is 3.62. The summed E-state index contributed by atoms with van der Waals surface area (Å²) in [5.74, 6) is 0. The molecule has 0 heteroatoms. The highest BCUT2D eigenvalue weighted by Gasteiger charge is 2.16. The summed E-state index contributed by atoms with van der Waals surface area (Å²) in [5.41, 5.74) is 6.42. The van der Waals surface area contributed by atoms with Crippen LogP contribution in [0, 0.1) is 0 Å². The maximum atomic E-state index is 4.07. The molecular formula is C14H20. The number of rotatable bonds is 0. The summed E-state index contributed by atoms with van der Waals surface area (Å²) in [6.07, 6.45) is 10.1.